The minimum atomic E-state index is 0. The first-order chi connectivity index (χ1) is 9.70. The average Bonchev–Trinajstić information content (AvgIpc) is 3.20. The molecule has 3 nitrogen and oxygen atoms in total. The Morgan fingerprint density at radius 3 is 2.29 bits per heavy atom. The third-order valence-electron chi connectivity index (χ3n) is 5.51. The normalized spacial score (nSPS) is 30.2. The fourth-order valence-electron chi connectivity index (χ4n) is 3.87. The Hall–Kier alpha value is -0.280. The maximum atomic E-state index is 12.3. The first kappa shape index (κ1) is 17.1. The second-order valence-electron chi connectivity index (χ2n) is 7.50. The van der Waals surface area contributed by atoms with Crippen molar-refractivity contribution in [2.75, 3.05) is 19.6 Å². The lowest BCUT2D eigenvalue weighted by molar-refractivity contribution is -0.133. The molecule has 1 saturated heterocycles. The predicted molar refractivity (Wildman–Crippen MR) is 88.7 cm³/mol. The van der Waals surface area contributed by atoms with E-state index < -0.39 is 0 Å². The third kappa shape index (κ3) is 5.14. The average molecular weight is 315 g/mol. The highest BCUT2D eigenvalue weighted by atomic mass is 35.5. The number of carbonyl (C=O) groups excluding carboxylic acids is 1. The van der Waals surface area contributed by atoms with Gasteiger partial charge in [-0.25, -0.2) is 0 Å². The first-order valence-electron chi connectivity index (χ1n) is 8.72. The van der Waals surface area contributed by atoms with Gasteiger partial charge >= 0.3 is 0 Å². The van der Waals surface area contributed by atoms with Gasteiger partial charge in [0.15, 0.2) is 0 Å². The van der Waals surface area contributed by atoms with Gasteiger partial charge in [-0.2, -0.15) is 0 Å². The van der Waals surface area contributed by atoms with Crippen LogP contribution < -0.4 is 5.32 Å². The molecule has 1 heterocycles. The Kier molecular flexibility index (Phi) is 6.36. The number of likely N-dealkylation sites (tertiary alicyclic amines) is 1. The summed E-state index contributed by atoms with van der Waals surface area (Å²) < 4.78 is 0. The summed E-state index contributed by atoms with van der Waals surface area (Å²) in [6.45, 7) is 5.48. The molecule has 1 N–H and O–H groups in total. The molecular weight excluding hydrogens is 284 g/mol. The number of nitrogens with zero attached hydrogens (tertiary/aromatic N) is 1. The lowest BCUT2D eigenvalue weighted by Gasteiger charge is -2.33. The molecule has 0 aromatic rings. The molecule has 0 aromatic carbocycles. The molecule has 2 unspecified atom stereocenters. The molecule has 0 spiro atoms. The fourth-order valence-corrected chi connectivity index (χ4v) is 3.87. The van der Waals surface area contributed by atoms with E-state index in [1.54, 1.807) is 0 Å². The molecule has 4 heteroatoms. The van der Waals surface area contributed by atoms with Gasteiger partial charge in [0.1, 0.15) is 0 Å². The molecule has 1 aliphatic heterocycles. The molecule has 122 valence electrons. The summed E-state index contributed by atoms with van der Waals surface area (Å²) in [5.41, 5.74) is 0. The van der Waals surface area contributed by atoms with Gasteiger partial charge in [-0.3, -0.25) is 4.79 Å². The SMILES string of the molecule is CC1CCC(CC(=O)N2CCC(NCC3CC3)CC2)C1.Cl. The standard InChI is InChI=1S/C17H30N2O.ClH/c1-13-2-3-15(10-13)11-17(20)19-8-6-16(7-9-19)18-12-14-4-5-14;/h13-16,18H,2-12H2,1H3;1H. The molecule has 0 aromatic heterocycles. The van der Waals surface area contributed by atoms with Gasteiger partial charge in [-0.1, -0.05) is 13.3 Å². The Balaban J connectivity index is 0.00000161. The molecule has 2 saturated carbocycles. The van der Waals surface area contributed by atoms with E-state index >= 15 is 0 Å². The smallest absolute Gasteiger partial charge is 0.222 e. The summed E-state index contributed by atoms with van der Waals surface area (Å²) in [7, 11) is 0. The number of nitrogens with one attached hydrogen (secondary N) is 1. The van der Waals surface area contributed by atoms with Crippen molar-refractivity contribution in [3.05, 3.63) is 0 Å². The molecule has 0 radical (unpaired) electrons. The monoisotopic (exact) mass is 314 g/mol. The van der Waals surface area contributed by atoms with E-state index in [-0.39, 0.29) is 12.4 Å². The second kappa shape index (κ2) is 7.82. The zero-order chi connectivity index (χ0) is 13.9. The number of piperidine rings is 1. The lowest BCUT2D eigenvalue weighted by Crippen LogP contribution is -2.45. The molecule has 3 fully saturated rings. The van der Waals surface area contributed by atoms with Crippen molar-refractivity contribution in [2.24, 2.45) is 17.8 Å². The van der Waals surface area contributed by atoms with Gasteiger partial charge in [0, 0.05) is 25.6 Å². The summed E-state index contributed by atoms with van der Waals surface area (Å²) in [4.78, 5) is 14.5. The van der Waals surface area contributed by atoms with Crippen LogP contribution in [0.1, 0.15) is 58.3 Å². The van der Waals surface area contributed by atoms with Crippen molar-refractivity contribution in [1.29, 1.82) is 0 Å². The zero-order valence-electron chi connectivity index (χ0n) is 13.4. The van der Waals surface area contributed by atoms with Crippen LogP contribution >= 0.6 is 12.4 Å². The van der Waals surface area contributed by atoms with Crippen molar-refractivity contribution in [2.45, 2.75) is 64.3 Å². The van der Waals surface area contributed by atoms with Crippen molar-refractivity contribution in [3.8, 4) is 0 Å². The minimum absolute atomic E-state index is 0. The molecule has 2 aliphatic carbocycles. The van der Waals surface area contributed by atoms with Gasteiger partial charge in [0.25, 0.3) is 0 Å². The van der Waals surface area contributed by atoms with Crippen molar-refractivity contribution in [3.63, 3.8) is 0 Å². The Bertz CT molecular complexity index is 338. The van der Waals surface area contributed by atoms with Crippen molar-refractivity contribution >= 4 is 18.3 Å². The summed E-state index contributed by atoms with van der Waals surface area (Å²) in [5, 5.41) is 3.68. The Morgan fingerprint density at radius 1 is 1.05 bits per heavy atom. The van der Waals surface area contributed by atoms with E-state index in [1.807, 2.05) is 0 Å². The van der Waals surface area contributed by atoms with Crippen LogP contribution in [0.2, 0.25) is 0 Å². The molecule has 3 aliphatic rings. The number of rotatable bonds is 5. The second-order valence-corrected chi connectivity index (χ2v) is 7.50. The van der Waals surface area contributed by atoms with E-state index in [9.17, 15) is 4.79 Å². The minimum Gasteiger partial charge on any atom is -0.343 e. The van der Waals surface area contributed by atoms with Gasteiger partial charge < -0.3 is 10.2 Å². The van der Waals surface area contributed by atoms with E-state index in [2.05, 4.69) is 17.1 Å². The number of amides is 1. The summed E-state index contributed by atoms with van der Waals surface area (Å²) in [6, 6.07) is 0.658. The summed E-state index contributed by atoms with van der Waals surface area (Å²) in [5.74, 6) is 2.89. The zero-order valence-corrected chi connectivity index (χ0v) is 14.2. The number of hydrogen-bond donors (Lipinski definition) is 1. The van der Waals surface area contributed by atoms with Crippen LogP contribution in [0.3, 0.4) is 0 Å². The highest BCUT2D eigenvalue weighted by Crippen LogP contribution is 2.33. The molecule has 1 amide bonds. The molecular formula is C17H31ClN2O. The van der Waals surface area contributed by atoms with Crippen LogP contribution in [-0.4, -0.2) is 36.5 Å². The quantitative estimate of drug-likeness (QED) is 0.845. The van der Waals surface area contributed by atoms with Crippen LogP contribution in [0.25, 0.3) is 0 Å². The number of carbonyl (C=O) groups is 1. The van der Waals surface area contributed by atoms with Crippen LogP contribution in [-0.2, 0) is 4.79 Å². The van der Waals surface area contributed by atoms with Crippen LogP contribution in [0.15, 0.2) is 0 Å². The largest absolute Gasteiger partial charge is 0.343 e. The van der Waals surface area contributed by atoms with Gasteiger partial charge in [0.05, 0.1) is 0 Å². The topological polar surface area (TPSA) is 32.3 Å². The molecule has 2 atom stereocenters. The Labute approximate surface area is 135 Å². The van der Waals surface area contributed by atoms with Gasteiger partial charge in [-0.05, 0) is 62.8 Å². The van der Waals surface area contributed by atoms with Crippen molar-refractivity contribution < 1.29 is 4.79 Å². The lowest BCUT2D eigenvalue weighted by atomic mass is 9.99. The van der Waals surface area contributed by atoms with Gasteiger partial charge in [0.2, 0.25) is 5.91 Å². The summed E-state index contributed by atoms with van der Waals surface area (Å²) >= 11 is 0. The van der Waals surface area contributed by atoms with E-state index in [0.29, 0.717) is 17.9 Å². The van der Waals surface area contributed by atoms with E-state index in [0.717, 1.165) is 44.2 Å². The molecule has 21 heavy (non-hydrogen) atoms. The Morgan fingerprint density at radius 2 is 1.71 bits per heavy atom. The van der Waals surface area contributed by atoms with Gasteiger partial charge in [-0.15, -0.1) is 12.4 Å². The van der Waals surface area contributed by atoms with Crippen LogP contribution in [0.5, 0.6) is 0 Å². The molecule has 0 bridgehead atoms. The predicted octanol–water partition coefficient (Wildman–Crippen LogP) is 3.23. The maximum absolute atomic E-state index is 12.3. The summed E-state index contributed by atoms with van der Waals surface area (Å²) in [6.07, 6.45) is 9.82. The van der Waals surface area contributed by atoms with E-state index in [4.69, 9.17) is 0 Å². The fraction of sp³-hybridized carbons (Fsp3) is 0.941. The van der Waals surface area contributed by atoms with Crippen LogP contribution in [0, 0.1) is 17.8 Å². The first-order valence-corrected chi connectivity index (χ1v) is 8.72. The highest BCUT2D eigenvalue weighted by Gasteiger charge is 2.28. The maximum Gasteiger partial charge on any atom is 0.222 e. The third-order valence-corrected chi connectivity index (χ3v) is 5.51. The van der Waals surface area contributed by atoms with Crippen molar-refractivity contribution in [1.82, 2.24) is 10.2 Å². The van der Waals surface area contributed by atoms with E-state index in [1.165, 1.54) is 38.6 Å². The molecule has 3 rings (SSSR count). The number of hydrogen-bond acceptors (Lipinski definition) is 2. The number of halogens is 1. The van der Waals surface area contributed by atoms with Crippen LogP contribution in [0.4, 0.5) is 0 Å². The highest BCUT2D eigenvalue weighted by molar-refractivity contribution is 5.85.